The summed E-state index contributed by atoms with van der Waals surface area (Å²) in [5, 5.41) is 2.83. The first-order valence-electron chi connectivity index (χ1n) is 8.25. The van der Waals surface area contributed by atoms with E-state index in [2.05, 4.69) is 23.9 Å². The second-order valence-electron chi connectivity index (χ2n) is 6.44. The van der Waals surface area contributed by atoms with Gasteiger partial charge in [-0.05, 0) is 61.2 Å². The highest BCUT2D eigenvalue weighted by Gasteiger charge is 2.15. The Balaban J connectivity index is 2.06. The summed E-state index contributed by atoms with van der Waals surface area (Å²) in [5.41, 5.74) is 1.92. The molecule has 5 nitrogen and oxygen atoms in total. The van der Waals surface area contributed by atoms with E-state index in [0.717, 1.165) is 12.0 Å². The van der Waals surface area contributed by atoms with Crippen molar-refractivity contribution in [1.82, 2.24) is 5.32 Å². The maximum absolute atomic E-state index is 12.4. The first kappa shape index (κ1) is 19.0. The molecule has 0 saturated carbocycles. The van der Waals surface area contributed by atoms with Crippen LogP contribution in [-0.4, -0.2) is 20.9 Å². The number of anilines is 1. The molecule has 2 aromatic rings. The third-order valence-electron chi connectivity index (χ3n) is 3.70. The summed E-state index contributed by atoms with van der Waals surface area (Å²) in [6, 6.07) is 13.1. The molecule has 2 N–H and O–H groups in total. The number of rotatable bonds is 7. The highest BCUT2D eigenvalue weighted by Crippen LogP contribution is 2.17. The zero-order valence-electron chi connectivity index (χ0n) is 14.7. The Hall–Kier alpha value is -2.34. The smallest absolute Gasteiger partial charge is 0.261 e. The fourth-order valence-electron chi connectivity index (χ4n) is 2.28. The average molecular weight is 360 g/mol. The molecule has 25 heavy (non-hydrogen) atoms. The van der Waals surface area contributed by atoms with Crippen LogP contribution in [0, 0.1) is 12.8 Å². The van der Waals surface area contributed by atoms with Gasteiger partial charge in [-0.1, -0.05) is 26.0 Å². The van der Waals surface area contributed by atoms with Crippen LogP contribution >= 0.6 is 0 Å². The number of carbonyl (C=O) groups excluding carboxylic acids is 1. The van der Waals surface area contributed by atoms with Crippen molar-refractivity contribution in [3.63, 3.8) is 0 Å². The van der Waals surface area contributed by atoms with E-state index < -0.39 is 10.0 Å². The standard InChI is InChI=1S/C19H24N2O3S/c1-14(2)11-12-20-19(22)16-7-9-18(10-8-16)25(23,24)21-17-6-4-5-15(3)13-17/h4-10,13-14,21H,11-12H2,1-3H3,(H,20,22). The third kappa shape index (κ3) is 5.60. The Labute approximate surface area is 149 Å². The van der Waals surface area contributed by atoms with E-state index in [1.54, 1.807) is 18.2 Å². The SMILES string of the molecule is Cc1cccc(NS(=O)(=O)c2ccc(C(=O)NCCC(C)C)cc2)c1. The van der Waals surface area contributed by atoms with Gasteiger partial charge in [0, 0.05) is 17.8 Å². The number of carbonyl (C=O) groups is 1. The molecule has 0 aliphatic carbocycles. The molecule has 1 amide bonds. The van der Waals surface area contributed by atoms with Crippen molar-refractivity contribution in [2.45, 2.75) is 32.1 Å². The van der Waals surface area contributed by atoms with Gasteiger partial charge in [0.2, 0.25) is 0 Å². The molecular formula is C19H24N2O3S. The number of nitrogens with one attached hydrogen (secondary N) is 2. The van der Waals surface area contributed by atoms with Crippen LogP contribution < -0.4 is 10.0 Å². The van der Waals surface area contributed by atoms with Crippen LogP contribution in [0.25, 0.3) is 0 Å². The number of hydrogen-bond acceptors (Lipinski definition) is 3. The van der Waals surface area contributed by atoms with Crippen molar-refractivity contribution in [3.05, 3.63) is 59.7 Å². The highest BCUT2D eigenvalue weighted by molar-refractivity contribution is 7.92. The van der Waals surface area contributed by atoms with E-state index in [4.69, 9.17) is 0 Å². The van der Waals surface area contributed by atoms with Crippen molar-refractivity contribution < 1.29 is 13.2 Å². The van der Waals surface area contributed by atoms with Gasteiger partial charge in [-0.15, -0.1) is 0 Å². The Morgan fingerprint density at radius 1 is 1.08 bits per heavy atom. The van der Waals surface area contributed by atoms with E-state index >= 15 is 0 Å². The van der Waals surface area contributed by atoms with Gasteiger partial charge in [0.05, 0.1) is 4.90 Å². The Morgan fingerprint density at radius 3 is 2.36 bits per heavy atom. The summed E-state index contributed by atoms with van der Waals surface area (Å²) in [6.45, 7) is 6.68. The minimum atomic E-state index is -3.68. The lowest BCUT2D eigenvalue weighted by molar-refractivity contribution is 0.0952. The van der Waals surface area contributed by atoms with Crippen molar-refractivity contribution in [1.29, 1.82) is 0 Å². The summed E-state index contributed by atoms with van der Waals surface area (Å²) in [7, 11) is -3.68. The van der Waals surface area contributed by atoms with Crippen LogP contribution in [0.15, 0.2) is 53.4 Å². The van der Waals surface area contributed by atoms with Gasteiger partial charge in [-0.3, -0.25) is 9.52 Å². The minimum Gasteiger partial charge on any atom is -0.352 e. The molecule has 0 unspecified atom stereocenters. The molecule has 6 heteroatoms. The lowest BCUT2D eigenvalue weighted by Crippen LogP contribution is -2.25. The minimum absolute atomic E-state index is 0.118. The molecule has 0 heterocycles. The molecule has 0 bridgehead atoms. The summed E-state index contributed by atoms with van der Waals surface area (Å²) in [4.78, 5) is 12.2. The van der Waals surface area contributed by atoms with Crippen molar-refractivity contribution >= 4 is 21.6 Å². The molecule has 0 spiro atoms. The normalized spacial score (nSPS) is 11.4. The molecule has 0 aromatic heterocycles. The Bertz CT molecular complexity index is 828. The molecule has 0 aliphatic rings. The number of benzene rings is 2. The van der Waals surface area contributed by atoms with E-state index in [1.165, 1.54) is 24.3 Å². The highest BCUT2D eigenvalue weighted by atomic mass is 32.2. The van der Waals surface area contributed by atoms with E-state index in [1.807, 2.05) is 13.0 Å². The molecule has 0 atom stereocenters. The summed E-state index contributed by atoms with van der Waals surface area (Å²) >= 11 is 0. The first-order valence-corrected chi connectivity index (χ1v) is 9.74. The van der Waals surface area contributed by atoms with Crippen LogP contribution in [0.1, 0.15) is 36.2 Å². The largest absolute Gasteiger partial charge is 0.352 e. The first-order chi connectivity index (χ1) is 11.8. The van der Waals surface area contributed by atoms with Gasteiger partial charge in [0.25, 0.3) is 15.9 Å². The van der Waals surface area contributed by atoms with Gasteiger partial charge in [-0.2, -0.15) is 0 Å². The van der Waals surface area contributed by atoms with Crippen LogP contribution in [0.5, 0.6) is 0 Å². The number of aryl methyl sites for hydroxylation is 1. The van der Waals surface area contributed by atoms with Gasteiger partial charge in [-0.25, -0.2) is 8.42 Å². The molecule has 2 aromatic carbocycles. The maximum Gasteiger partial charge on any atom is 0.261 e. The average Bonchev–Trinajstić information content (AvgIpc) is 2.54. The van der Waals surface area contributed by atoms with Gasteiger partial charge in [0.1, 0.15) is 0 Å². The van der Waals surface area contributed by atoms with Crippen LogP contribution in [-0.2, 0) is 10.0 Å². The monoisotopic (exact) mass is 360 g/mol. The van der Waals surface area contributed by atoms with Crippen molar-refractivity contribution in [2.75, 3.05) is 11.3 Å². The Kier molecular flexibility index (Phi) is 6.20. The van der Waals surface area contributed by atoms with Crippen LogP contribution in [0.2, 0.25) is 0 Å². The molecule has 2 rings (SSSR count). The van der Waals surface area contributed by atoms with Gasteiger partial charge in [0.15, 0.2) is 0 Å². The topological polar surface area (TPSA) is 75.3 Å². The molecule has 0 aliphatic heterocycles. The van der Waals surface area contributed by atoms with E-state index in [-0.39, 0.29) is 10.8 Å². The quantitative estimate of drug-likeness (QED) is 0.792. The van der Waals surface area contributed by atoms with Crippen molar-refractivity contribution in [2.24, 2.45) is 5.92 Å². The van der Waals surface area contributed by atoms with Crippen molar-refractivity contribution in [3.8, 4) is 0 Å². The molecular weight excluding hydrogens is 336 g/mol. The fourth-order valence-corrected chi connectivity index (χ4v) is 3.33. The van der Waals surface area contributed by atoms with E-state index in [0.29, 0.717) is 23.7 Å². The van der Waals surface area contributed by atoms with Crippen LogP contribution in [0.3, 0.4) is 0 Å². The molecule has 134 valence electrons. The third-order valence-corrected chi connectivity index (χ3v) is 5.10. The predicted molar refractivity (Wildman–Crippen MR) is 100 cm³/mol. The zero-order chi connectivity index (χ0) is 18.4. The number of sulfonamides is 1. The second-order valence-corrected chi connectivity index (χ2v) is 8.12. The molecule has 0 saturated heterocycles. The lowest BCUT2D eigenvalue weighted by Gasteiger charge is -2.10. The lowest BCUT2D eigenvalue weighted by atomic mass is 10.1. The summed E-state index contributed by atoms with van der Waals surface area (Å²) in [5.74, 6) is 0.316. The molecule has 0 radical (unpaired) electrons. The fraction of sp³-hybridized carbons (Fsp3) is 0.316. The second kappa shape index (κ2) is 8.16. The van der Waals surface area contributed by atoms with E-state index in [9.17, 15) is 13.2 Å². The number of hydrogen-bond donors (Lipinski definition) is 2. The van der Waals surface area contributed by atoms with Gasteiger partial charge >= 0.3 is 0 Å². The van der Waals surface area contributed by atoms with Crippen LogP contribution in [0.4, 0.5) is 5.69 Å². The number of amides is 1. The summed E-state index contributed by atoms with van der Waals surface area (Å²) in [6.07, 6.45) is 0.901. The zero-order valence-corrected chi connectivity index (χ0v) is 15.6. The maximum atomic E-state index is 12.4. The van der Waals surface area contributed by atoms with Gasteiger partial charge < -0.3 is 5.32 Å². The predicted octanol–water partition coefficient (Wildman–Crippen LogP) is 3.57. The molecule has 0 fully saturated rings. The Morgan fingerprint density at radius 2 is 1.76 bits per heavy atom. The summed E-state index contributed by atoms with van der Waals surface area (Å²) < 4.78 is 27.4.